The van der Waals surface area contributed by atoms with Crippen molar-refractivity contribution in [1.82, 2.24) is 5.32 Å². The number of alkyl carbamates (subject to hydrolysis) is 1. The molecule has 0 heterocycles. The minimum absolute atomic E-state index is 0.230. The Morgan fingerprint density at radius 3 is 2.58 bits per heavy atom. The van der Waals surface area contributed by atoms with Crippen LogP contribution < -0.4 is 5.32 Å². The highest BCUT2D eigenvalue weighted by molar-refractivity contribution is 5.69. The first-order chi connectivity index (χ1) is 9.22. The molecule has 0 aliphatic heterocycles. The molecule has 5 heteroatoms. The average molecular weight is 265 g/mol. The summed E-state index contributed by atoms with van der Waals surface area (Å²) in [5, 5.41) is 2.63. The third-order valence-corrected chi connectivity index (χ3v) is 2.52. The van der Waals surface area contributed by atoms with Gasteiger partial charge in [-0.05, 0) is 18.4 Å². The molecular formula is C14H19NO4. The molecule has 0 unspecified atom stereocenters. The first-order valence-electron chi connectivity index (χ1n) is 6.23. The molecule has 0 radical (unpaired) electrons. The fourth-order valence-electron chi connectivity index (χ4n) is 1.46. The van der Waals surface area contributed by atoms with Crippen molar-refractivity contribution in [2.45, 2.75) is 25.9 Å². The van der Waals surface area contributed by atoms with Gasteiger partial charge in [0.1, 0.15) is 6.61 Å². The molecule has 1 amide bonds. The van der Waals surface area contributed by atoms with Crippen LogP contribution in [0, 0.1) is 0 Å². The molecule has 1 aromatic carbocycles. The lowest BCUT2D eigenvalue weighted by atomic mass is 10.2. The van der Waals surface area contributed by atoms with Crippen LogP contribution in [0.3, 0.4) is 0 Å². The van der Waals surface area contributed by atoms with E-state index in [4.69, 9.17) is 4.74 Å². The van der Waals surface area contributed by atoms with E-state index in [-0.39, 0.29) is 12.6 Å². The molecule has 19 heavy (non-hydrogen) atoms. The molecule has 0 spiro atoms. The predicted octanol–water partition coefficient (Wildman–Crippen LogP) is 2.26. The highest BCUT2D eigenvalue weighted by Crippen LogP contribution is 2.00. The monoisotopic (exact) mass is 265 g/mol. The summed E-state index contributed by atoms with van der Waals surface area (Å²) in [5.41, 5.74) is 0.948. The number of esters is 1. The Morgan fingerprint density at radius 1 is 1.16 bits per heavy atom. The van der Waals surface area contributed by atoms with E-state index in [2.05, 4.69) is 10.1 Å². The lowest BCUT2D eigenvalue weighted by molar-refractivity contribution is -0.140. The van der Waals surface area contributed by atoms with Crippen LogP contribution in [0.4, 0.5) is 4.79 Å². The van der Waals surface area contributed by atoms with Gasteiger partial charge in [0.15, 0.2) is 0 Å². The SMILES string of the molecule is COC(=O)CCCCNC(=O)OCc1ccccc1. The highest BCUT2D eigenvalue weighted by Gasteiger charge is 2.03. The Bertz CT molecular complexity index is 392. The molecule has 0 atom stereocenters. The van der Waals surface area contributed by atoms with Crippen LogP contribution in [0.2, 0.25) is 0 Å². The third-order valence-electron chi connectivity index (χ3n) is 2.52. The van der Waals surface area contributed by atoms with Gasteiger partial charge in [0.05, 0.1) is 7.11 Å². The van der Waals surface area contributed by atoms with Gasteiger partial charge >= 0.3 is 12.1 Å². The van der Waals surface area contributed by atoms with E-state index in [0.717, 1.165) is 12.0 Å². The van der Waals surface area contributed by atoms with Gasteiger partial charge in [0.2, 0.25) is 0 Å². The van der Waals surface area contributed by atoms with Gasteiger partial charge in [-0.15, -0.1) is 0 Å². The zero-order chi connectivity index (χ0) is 13.9. The molecule has 0 saturated heterocycles. The smallest absolute Gasteiger partial charge is 0.407 e. The number of rotatable bonds is 7. The second-order valence-corrected chi connectivity index (χ2v) is 4.02. The van der Waals surface area contributed by atoms with E-state index in [0.29, 0.717) is 19.4 Å². The van der Waals surface area contributed by atoms with Gasteiger partial charge in [-0.1, -0.05) is 30.3 Å². The van der Waals surface area contributed by atoms with E-state index >= 15 is 0 Å². The lowest BCUT2D eigenvalue weighted by Crippen LogP contribution is -2.25. The number of benzene rings is 1. The van der Waals surface area contributed by atoms with E-state index < -0.39 is 6.09 Å². The lowest BCUT2D eigenvalue weighted by Gasteiger charge is -2.06. The van der Waals surface area contributed by atoms with Gasteiger partial charge in [0.25, 0.3) is 0 Å². The zero-order valence-corrected chi connectivity index (χ0v) is 11.1. The number of hydrogen-bond acceptors (Lipinski definition) is 4. The molecule has 104 valence electrons. The molecule has 0 aliphatic carbocycles. The van der Waals surface area contributed by atoms with Crippen molar-refractivity contribution < 1.29 is 19.1 Å². The number of amides is 1. The van der Waals surface area contributed by atoms with Gasteiger partial charge in [-0.2, -0.15) is 0 Å². The maximum absolute atomic E-state index is 11.3. The predicted molar refractivity (Wildman–Crippen MR) is 70.5 cm³/mol. The molecule has 1 rings (SSSR count). The molecule has 0 aliphatic rings. The fourth-order valence-corrected chi connectivity index (χ4v) is 1.46. The van der Waals surface area contributed by atoms with Crippen LogP contribution in [-0.2, 0) is 20.9 Å². The third kappa shape index (κ3) is 7.08. The number of carbonyl (C=O) groups is 2. The Morgan fingerprint density at radius 2 is 1.89 bits per heavy atom. The number of nitrogens with one attached hydrogen (secondary N) is 1. The second-order valence-electron chi connectivity index (χ2n) is 4.02. The van der Waals surface area contributed by atoms with Crippen LogP contribution in [0.5, 0.6) is 0 Å². The first kappa shape index (κ1) is 15.0. The summed E-state index contributed by atoms with van der Waals surface area (Å²) in [6.45, 7) is 0.749. The summed E-state index contributed by atoms with van der Waals surface area (Å²) >= 11 is 0. The second kappa shape index (κ2) is 8.97. The summed E-state index contributed by atoms with van der Waals surface area (Å²) in [4.78, 5) is 22.2. The largest absolute Gasteiger partial charge is 0.469 e. The van der Waals surface area contributed by atoms with Crippen molar-refractivity contribution in [3.8, 4) is 0 Å². The highest BCUT2D eigenvalue weighted by atomic mass is 16.5. The van der Waals surface area contributed by atoms with Gasteiger partial charge in [-0.3, -0.25) is 4.79 Å². The minimum atomic E-state index is -0.443. The Kier molecular flexibility index (Phi) is 7.09. The topological polar surface area (TPSA) is 64.6 Å². The maximum Gasteiger partial charge on any atom is 0.407 e. The van der Waals surface area contributed by atoms with Crippen molar-refractivity contribution in [2.24, 2.45) is 0 Å². The number of hydrogen-bond donors (Lipinski definition) is 1. The Labute approximate surface area is 112 Å². The Balaban J connectivity index is 2.04. The summed E-state index contributed by atoms with van der Waals surface area (Å²) < 4.78 is 9.55. The summed E-state index contributed by atoms with van der Waals surface area (Å²) in [6, 6.07) is 9.48. The molecule has 1 aromatic rings. The number of ether oxygens (including phenoxy) is 2. The van der Waals surface area contributed by atoms with E-state index in [1.165, 1.54) is 7.11 Å². The average Bonchev–Trinajstić information content (AvgIpc) is 2.45. The van der Waals surface area contributed by atoms with Gasteiger partial charge in [-0.25, -0.2) is 4.79 Å². The standard InChI is InChI=1S/C14H19NO4/c1-18-13(16)9-5-6-10-15-14(17)19-11-12-7-3-2-4-8-12/h2-4,7-8H,5-6,9-11H2,1H3,(H,15,17). The Hall–Kier alpha value is -2.04. The molecule has 0 bridgehead atoms. The molecular weight excluding hydrogens is 246 g/mol. The van der Waals surface area contributed by atoms with Crippen molar-refractivity contribution in [1.29, 1.82) is 0 Å². The van der Waals surface area contributed by atoms with Crippen LogP contribution in [0.15, 0.2) is 30.3 Å². The van der Waals surface area contributed by atoms with Gasteiger partial charge < -0.3 is 14.8 Å². The van der Waals surface area contributed by atoms with E-state index in [1.807, 2.05) is 30.3 Å². The maximum atomic E-state index is 11.3. The number of unbranched alkanes of at least 4 members (excludes halogenated alkanes) is 1. The van der Waals surface area contributed by atoms with Crippen molar-refractivity contribution >= 4 is 12.1 Å². The number of methoxy groups -OCH3 is 1. The van der Waals surface area contributed by atoms with Crippen molar-refractivity contribution in [3.05, 3.63) is 35.9 Å². The quantitative estimate of drug-likeness (QED) is 0.606. The van der Waals surface area contributed by atoms with E-state index in [9.17, 15) is 9.59 Å². The molecule has 0 fully saturated rings. The fraction of sp³-hybridized carbons (Fsp3) is 0.429. The summed E-state index contributed by atoms with van der Waals surface area (Å²) in [6.07, 6.45) is 1.33. The van der Waals surface area contributed by atoms with Gasteiger partial charge in [0, 0.05) is 13.0 Å². The molecule has 0 saturated carbocycles. The zero-order valence-electron chi connectivity index (χ0n) is 11.1. The van der Waals surface area contributed by atoms with Crippen LogP contribution in [0.25, 0.3) is 0 Å². The molecule has 1 N–H and O–H groups in total. The normalized spacial score (nSPS) is 9.74. The van der Waals surface area contributed by atoms with Crippen molar-refractivity contribution in [3.63, 3.8) is 0 Å². The van der Waals surface area contributed by atoms with Crippen LogP contribution in [-0.4, -0.2) is 25.7 Å². The van der Waals surface area contributed by atoms with E-state index in [1.54, 1.807) is 0 Å². The number of carbonyl (C=O) groups excluding carboxylic acids is 2. The minimum Gasteiger partial charge on any atom is -0.469 e. The summed E-state index contributed by atoms with van der Waals surface area (Å²) in [7, 11) is 1.36. The van der Waals surface area contributed by atoms with Crippen LogP contribution >= 0.6 is 0 Å². The first-order valence-corrected chi connectivity index (χ1v) is 6.23. The van der Waals surface area contributed by atoms with Crippen LogP contribution in [0.1, 0.15) is 24.8 Å². The van der Waals surface area contributed by atoms with Crippen molar-refractivity contribution in [2.75, 3.05) is 13.7 Å². The molecule has 0 aromatic heterocycles. The molecule has 5 nitrogen and oxygen atoms in total. The summed E-state index contributed by atoms with van der Waals surface area (Å²) in [5.74, 6) is -0.230.